The number of carbonyl (C=O) groups excluding carboxylic acids is 3. The van der Waals surface area contributed by atoms with Gasteiger partial charge in [0.15, 0.2) is 29.1 Å². The van der Waals surface area contributed by atoms with Crippen LogP contribution in [0.1, 0.15) is 15.8 Å². The molecule has 214 valence electrons. The van der Waals surface area contributed by atoms with E-state index in [0.717, 1.165) is 27.8 Å². The summed E-state index contributed by atoms with van der Waals surface area (Å²) < 4.78 is 6.02. The first-order chi connectivity index (χ1) is 20.3. The molecule has 2 amide bonds. The number of nitrogens with one attached hydrogen (secondary N) is 1. The molecular weight excluding hydrogens is 639 g/mol. The standard InChI is InChI=1S/C24H19N9O4S5/c1-37-30-15(18-29-24(25)42-31-18)19(34)28-16-21(35)33-17(23(36)38)12(9-41-22(16)33)20-27-13(10-40-20)11-2-5-32(6-3-11)8-14-26-4-7-39-14/h2-7,10,16,22H,8-9H2,1H3,(H3-,25,28,29,31,34,36,38)/b30-15-/t16-,22-/m1/s1. The summed E-state index contributed by atoms with van der Waals surface area (Å²) in [4.78, 5) is 58.0. The molecule has 0 saturated carbocycles. The predicted molar refractivity (Wildman–Crippen MR) is 161 cm³/mol. The van der Waals surface area contributed by atoms with Crippen LogP contribution in [0.25, 0.3) is 16.8 Å². The van der Waals surface area contributed by atoms with Gasteiger partial charge < -0.3 is 33.3 Å². The molecule has 0 aliphatic carbocycles. The zero-order valence-electron chi connectivity index (χ0n) is 21.5. The van der Waals surface area contributed by atoms with Crippen LogP contribution in [0.15, 0.2) is 52.3 Å². The Balaban J connectivity index is 1.20. The van der Waals surface area contributed by atoms with Crippen LogP contribution in [-0.2, 0) is 38.4 Å². The van der Waals surface area contributed by atoms with Gasteiger partial charge in [0.2, 0.25) is 11.5 Å². The number of anilines is 1. The number of nitrogens with two attached hydrogens (primary N) is 1. The molecule has 13 nitrogen and oxygen atoms in total. The molecule has 4 aromatic rings. The maximum absolute atomic E-state index is 13.2. The van der Waals surface area contributed by atoms with Crippen molar-refractivity contribution in [2.24, 2.45) is 5.16 Å². The number of aromatic nitrogens is 5. The molecule has 0 bridgehead atoms. The minimum Gasteiger partial charge on any atom is -0.735 e. The van der Waals surface area contributed by atoms with Gasteiger partial charge in [-0.25, -0.2) is 9.97 Å². The summed E-state index contributed by atoms with van der Waals surface area (Å²) in [5.74, 6) is -0.835. The summed E-state index contributed by atoms with van der Waals surface area (Å²) in [5.41, 5.74) is 7.76. The van der Waals surface area contributed by atoms with Gasteiger partial charge in [-0.15, -0.1) is 34.4 Å². The van der Waals surface area contributed by atoms with E-state index in [-0.39, 0.29) is 22.4 Å². The minimum absolute atomic E-state index is 0.0206. The van der Waals surface area contributed by atoms with E-state index >= 15 is 0 Å². The molecule has 1 saturated heterocycles. The lowest BCUT2D eigenvalue weighted by molar-refractivity contribution is -0.688. The van der Waals surface area contributed by atoms with E-state index in [1.807, 2.05) is 39.9 Å². The second-order valence-electron chi connectivity index (χ2n) is 8.78. The molecule has 2 aliphatic rings. The summed E-state index contributed by atoms with van der Waals surface area (Å²) in [6.07, 6.45) is 5.71. The molecule has 0 radical (unpaired) electrons. The summed E-state index contributed by atoms with van der Waals surface area (Å²) in [7, 11) is 1.27. The van der Waals surface area contributed by atoms with Gasteiger partial charge in [-0.3, -0.25) is 14.5 Å². The molecule has 6 heterocycles. The zero-order valence-corrected chi connectivity index (χ0v) is 25.6. The highest BCUT2D eigenvalue weighted by atomic mass is 32.2. The first kappa shape index (κ1) is 28.3. The Hall–Kier alpha value is -3.84. The van der Waals surface area contributed by atoms with E-state index in [9.17, 15) is 14.4 Å². The second kappa shape index (κ2) is 11.8. The summed E-state index contributed by atoms with van der Waals surface area (Å²) in [5, 5.41) is 10.8. The molecule has 3 N–H and O–H groups in total. The number of carbonyl (C=O) groups is 3. The highest BCUT2D eigenvalue weighted by molar-refractivity contribution is 8.00. The number of pyridine rings is 1. The Kier molecular flexibility index (Phi) is 7.95. The van der Waals surface area contributed by atoms with Crippen molar-refractivity contribution < 1.29 is 23.8 Å². The number of amides is 2. The van der Waals surface area contributed by atoms with E-state index in [2.05, 4.69) is 24.8 Å². The van der Waals surface area contributed by atoms with E-state index in [0.29, 0.717) is 22.9 Å². The highest BCUT2D eigenvalue weighted by Gasteiger charge is 2.53. The van der Waals surface area contributed by atoms with Crippen LogP contribution < -0.4 is 15.6 Å². The second-order valence-corrected chi connectivity index (χ2v) is 12.9. The monoisotopic (exact) mass is 657 g/mol. The Morgan fingerprint density at radius 3 is 2.76 bits per heavy atom. The maximum atomic E-state index is 13.2. The number of β-lactam (4-membered cyclic amide) rings is 1. The Labute approximate surface area is 260 Å². The van der Waals surface area contributed by atoms with Gasteiger partial charge in [-0.2, -0.15) is 13.9 Å². The van der Waals surface area contributed by atoms with Gasteiger partial charge >= 0.3 is 0 Å². The first-order valence-electron chi connectivity index (χ1n) is 12.1. The van der Waals surface area contributed by atoms with E-state index < -0.39 is 28.3 Å². The molecular formula is C24H19N9O4S5. The molecule has 2 aliphatic heterocycles. The molecule has 4 aromatic heterocycles. The van der Waals surface area contributed by atoms with Gasteiger partial charge in [-0.05, 0) is 0 Å². The summed E-state index contributed by atoms with van der Waals surface area (Å²) in [6, 6.07) is 3.02. The molecule has 0 spiro atoms. The summed E-state index contributed by atoms with van der Waals surface area (Å²) >= 11 is 10.3. The Morgan fingerprint density at radius 2 is 2.10 bits per heavy atom. The number of hydrogen-bond donors (Lipinski definition) is 2. The van der Waals surface area contributed by atoms with Crippen LogP contribution in [0.2, 0.25) is 0 Å². The lowest BCUT2D eigenvalue weighted by atomic mass is 10.0. The van der Waals surface area contributed by atoms with Crippen molar-refractivity contribution in [3.63, 3.8) is 0 Å². The quantitative estimate of drug-likeness (QED) is 0.0874. The molecule has 6 rings (SSSR count). The van der Waals surface area contributed by atoms with Gasteiger partial charge in [0.1, 0.15) is 23.5 Å². The van der Waals surface area contributed by atoms with Crippen LogP contribution in [-0.4, -0.2) is 71.1 Å². The van der Waals surface area contributed by atoms with Crippen molar-refractivity contribution in [1.82, 2.24) is 29.5 Å². The number of thioether (sulfide) groups is 1. The maximum Gasteiger partial charge on any atom is 0.278 e. The summed E-state index contributed by atoms with van der Waals surface area (Å²) in [6.45, 7) is 0.679. The van der Waals surface area contributed by atoms with Crippen LogP contribution >= 0.6 is 46.0 Å². The smallest absolute Gasteiger partial charge is 0.278 e. The number of nitrogens with zero attached hydrogens (tertiary/aromatic N) is 7. The van der Waals surface area contributed by atoms with Crippen LogP contribution in [0.3, 0.4) is 0 Å². The molecule has 0 unspecified atom stereocenters. The van der Waals surface area contributed by atoms with Crippen LogP contribution in [0, 0.1) is 0 Å². The zero-order chi connectivity index (χ0) is 29.4. The molecule has 2 atom stereocenters. The van der Waals surface area contributed by atoms with Gasteiger partial charge in [-0.1, -0.05) is 5.16 Å². The van der Waals surface area contributed by atoms with Gasteiger partial charge in [0.05, 0.1) is 16.5 Å². The van der Waals surface area contributed by atoms with Crippen molar-refractivity contribution in [1.29, 1.82) is 0 Å². The minimum atomic E-state index is -0.918. The average molecular weight is 658 g/mol. The molecule has 0 aromatic carbocycles. The van der Waals surface area contributed by atoms with Crippen LogP contribution in [0.5, 0.6) is 0 Å². The molecule has 18 heteroatoms. The third kappa shape index (κ3) is 5.38. The third-order valence-electron chi connectivity index (χ3n) is 6.25. The lowest BCUT2D eigenvalue weighted by Gasteiger charge is -2.50. The fourth-order valence-corrected chi connectivity index (χ4v) is 7.95. The number of thiazole rings is 2. The Morgan fingerprint density at radius 1 is 1.29 bits per heavy atom. The predicted octanol–water partition coefficient (Wildman–Crippen LogP) is 1.27. The normalized spacial score (nSPS) is 18.5. The van der Waals surface area contributed by atoms with E-state index in [4.69, 9.17) is 28.2 Å². The first-order valence-corrected chi connectivity index (χ1v) is 16.1. The molecule has 42 heavy (non-hydrogen) atoms. The van der Waals surface area contributed by atoms with Gasteiger partial charge in [0, 0.05) is 57.5 Å². The van der Waals surface area contributed by atoms with Gasteiger partial charge in [0.25, 0.3) is 11.8 Å². The number of hydrogen-bond acceptors (Lipinski definition) is 15. The topological polar surface area (TPSA) is 170 Å². The average Bonchev–Trinajstić information content (AvgIpc) is 3.77. The van der Waals surface area contributed by atoms with Crippen molar-refractivity contribution in [2.45, 2.75) is 18.0 Å². The molecule has 1 fully saturated rings. The van der Waals surface area contributed by atoms with E-state index in [1.165, 1.54) is 35.1 Å². The fourth-order valence-electron chi connectivity index (χ4n) is 4.35. The largest absolute Gasteiger partial charge is 0.735 e. The van der Waals surface area contributed by atoms with Crippen molar-refractivity contribution in [3.05, 3.63) is 63.0 Å². The SMILES string of the molecule is CO/N=C(\C(=O)N[C@@H]1C(=O)N2C(C(=O)[S-])=C(c3nc(-c4cc[n+](Cc5nccs5)cc4)cs3)CS[C@H]12)c1nsc(N)n1. The number of rotatable bonds is 9. The van der Waals surface area contributed by atoms with Crippen molar-refractivity contribution in [3.8, 4) is 11.3 Å². The van der Waals surface area contributed by atoms with Crippen LogP contribution in [0.4, 0.5) is 5.13 Å². The number of nitrogen functional groups attached to an aromatic ring is 1. The lowest BCUT2D eigenvalue weighted by Crippen LogP contribution is -2.70. The van der Waals surface area contributed by atoms with E-state index in [1.54, 1.807) is 17.5 Å². The fraction of sp³-hybridized carbons (Fsp3) is 0.208. The number of fused-ring (bicyclic) bond motifs is 1. The Bertz CT molecular complexity index is 1730. The highest BCUT2D eigenvalue weighted by Crippen LogP contribution is 2.44. The van der Waals surface area contributed by atoms with Crippen molar-refractivity contribution in [2.75, 3.05) is 18.6 Å². The third-order valence-corrected chi connectivity index (χ3v) is 9.93. The number of oxime groups is 1. The van der Waals surface area contributed by atoms with Crippen molar-refractivity contribution >= 4 is 91.9 Å².